The molecular formula is C16H21NO4. The van der Waals surface area contributed by atoms with E-state index in [0.717, 1.165) is 17.8 Å². The van der Waals surface area contributed by atoms with Crippen molar-refractivity contribution in [2.45, 2.75) is 20.3 Å². The van der Waals surface area contributed by atoms with Gasteiger partial charge in [-0.05, 0) is 31.5 Å². The van der Waals surface area contributed by atoms with E-state index in [1.807, 2.05) is 31.2 Å². The average molecular weight is 291 g/mol. The first-order valence-electron chi connectivity index (χ1n) is 6.84. The second-order valence-corrected chi connectivity index (χ2v) is 4.54. The van der Waals surface area contributed by atoms with Crippen LogP contribution >= 0.6 is 0 Å². The van der Waals surface area contributed by atoms with Crippen molar-refractivity contribution < 1.29 is 19.1 Å². The lowest BCUT2D eigenvalue weighted by Gasteiger charge is -2.07. The van der Waals surface area contributed by atoms with Gasteiger partial charge in [0.15, 0.2) is 0 Å². The minimum Gasteiger partial charge on any atom is -0.462 e. The van der Waals surface area contributed by atoms with E-state index >= 15 is 0 Å². The number of esters is 2. The minimum absolute atomic E-state index is 0.0385. The van der Waals surface area contributed by atoms with E-state index in [1.165, 1.54) is 0 Å². The summed E-state index contributed by atoms with van der Waals surface area (Å²) in [6, 6.07) is 7.59. The standard InChI is InChI=1S/C16H21NO4/c1-4-17-14-7-5-13(6-8-14)11-15(18)20-9-10-21-16(19)12(2)3/h5-8,17H,2,4,9-11H2,1,3H3. The lowest BCUT2D eigenvalue weighted by molar-refractivity contribution is -0.149. The highest BCUT2D eigenvalue weighted by Gasteiger charge is 2.06. The van der Waals surface area contributed by atoms with E-state index in [2.05, 4.69) is 11.9 Å². The van der Waals surface area contributed by atoms with Crippen molar-refractivity contribution in [2.24, 2.45) is 0 Å². The highest BCUT2D eigenvalue weighted by molar-refractivity contribution is 5.86. The molecule has 0 radical (unpaired) electrons. The molecule has 0 heterocycles. The minimum atomic E-state index is -0.481. The first kappa shape index (κ1) is 16.8. The lowest BCUT2D eigenvalue weighted by Crippen LogP contribution is -2.15. The van der Waals surface area contributed by atoms with Crippen LogP contribution in [0.1, 0.15) is 19.4 Å². The molecule has 0 bridgehead atoms. The van der Waals surface area contributed by atoms with Gasteiger partial charge in [-0.1, -0.05) is 18.7 Å². The van der Waals surface area contributed by atoms with Gasteiger partial charge in [0.1, 0.15) is 13.2 Å². The Balaban J connectivity index is 2.27. The maximum Gasteiger partial charge on any atom is 0.333 e. The van der Waals surface area contributed by atoms with Gasteiger partial charge in [-0.15, -0.1) is 0 Å². The van der Waals surface area contributed by atoms with E-state index < -0.39 is 5.97 Å². The largest absolute Gasteiger partial charge is 0.462 e. The number of anilines is 1. The summed E-state index contributed by atoms with van der Waals surface area (Å²) >= 11 is 0. The van der Waals surface area contributed by atoms with Gasteiger partial charge in [-0.25, -0.2) is 4.79 Å². The third-order valence-electron chi connectivity index (χ3n) is 2.61. The molecule has 0 saturated heterocycles. The molecule has 0 fully saturated rings. The number of ether oxygens (including phenoxy) is 2. The SMILES string of the molecule is C=C(C)C(=O)OCCOC(=O)Cc1ccc(NCC)cc1. The molecule has 0 aliphatic heterocycles. The van der Waals surface area contributed by atoms with Crippen LogP contribution < -0.4 is 5.32 Å². The summed E-state index contributed by atoms with van der Waals surface area (Å²) in [5.74, 6) is -0.831. The van der Waals surface area contributed by atoms with Crippen molar-refractivity contribution in [3.05, 3.63) is 42.0 Å². The molecule has 0 aliphatic rings. The molecule has 1 aromatic carbocycles. The monoisotopic (exact) mass is 291 g/mol. The normalized spacial score (nSPS) is 9.81. The van der Waals surface area contributed by atoms with E-state index in [9.17, 15) is 9.59 Å². The highest BCUT2D eigenvalue weighted by atomic mass is 16.6. The third kappa shape index (κ3) is 6.61. The van der Waals surface area contributed by atoms with Crippen LogP contribution in [-0.4, -0.2) is 31.7 Å². The predicted octanol–water partition coefficient (Wildman–Crippen LogP) is 2.32. The fourth-order valence-corrected chi connectivity index (χ4v) is 1.58. The molecule has 1 N–H and O–H groups in total. The van der Waals surface area contributed by atoms with Gasteiger partial charge in [0.05, 0.1) is 6.42 Å². The maximum atomic E-state index is 11.6. The van der Waals surface area contributed by atoms with Crippen LogP contribution in [0.3, 0.4) is 0 Å². The summed E-state index contributed by atoms with van der Waals surface area (Å²) in [7, 11) is 0. The Kier molecular flexibility index (Phi) is 7.01. The number of rotatable bonds is 8. The molecule has 0 saturated carbocycles. The molecule has 0 spiro atoms. The van der Waals surface area contributed by atoms with Gasteiger partial charge >= 0.3 is 11.9 Å². The van der Waals surface area contributed by atoms with E-state index in [-0.39, 0.29) is 25.6 Å². The van der Waals surface area contributed by atoms with E-state index in [0.29, 0.717) is 5.57 Å². The van der Waals surface area contributed by atoms with Crippen molar-refractivity contribution in [3.8, 4) is 0 Å². The number of nitrogens with one attached hydrogen (secondary N) is 1. The first-order valence-corrected chi connectivity index (χ1v) is 6.84. The number of hydrogen-bond donors (Lipinski definition) is 1. The van der Waals surface area contributed by atoms with Gasteiger partial charge in [0, 0.05) is 17.8 Å². The summed E-state index contributed by atoms with van der Waals surface area (Å²) in [5.41, 5.74) is 2.21. The Labute approximate surface area is 124 Å². The van der Waals surface area contributed by atoms with Gasteiger partial charge in [0.25, 0.3) is 0 Å². The van der Waals surface area contributed by atoms with Crippen molar-refractivity contribution in [1.29, 1.82) is 0 Å². The fraction of sp³-hybridized carbons (Fsp3) is 0.375. The molecule has 5 nitrogen and oxygen atoms in total. The molecule has 1 aromatic rings. The number of benzene rings is 1. The Morgan fingerprint density at radius 1 is 1.14 bits per heavy atom. The Hall–Kier alpha value is -2.30. The number of hydrogen-bond acceptors (Lipinski definition) is 5. The van der Waals surface area contributed by atoms with Crippen molar-refractivity contribution in [3.63, 3.8) is 0 Å². The molecule has 0 amide bonds. The molecule has 0 atom stereocenters. The summed E-state index contributed by atoms with van der Waals surface area (Å²) in [5, 5.41) is 3.18. The molecular weight excluding hydrogens is 270 g/mol. The second-order valence-electron chi connectivity index (χ2n) is 4.54. The zero-order chi connectivity index (χ0) is 15.7. The van der Waals surface area contributed by atoms with Crippen LogP contribution in [-0.2, 0) is 25.5 Å². The number of carbonyl (C=O) groups excluding carboxylic acids is 2. The summed E-state index contributed by atoms with van der Waals surface area (Å²) in [6.45, 7) is 7.98. The van der Waals surface area contributed by atoms with Crippen LogP contribution in [0.2, 0.25) is 0 Å². The Bertz CT molecular complexity index is 494. The van der Waals surface area contributed by atoms with Crippen LogP contribution in [0.4, 0.5) is 5.69 Å². The zero-order valence-corrected chi connectivity index (χ0v) is 12.5. The maximum absolute atomic E-state index is 11.6. The topological polar surface area (TPSA) is 64.6 Å². The molecule has 5 heteroatoms. The summed E-state index contributed by atoms with van der Waals surface area (Å²) < 4.78 is 9.82. The average Bonchev–Trinajstić information content (AvgIpc) is 2.45. The lowest BCUT2D eigenvalue weighted by atomic mass is 10.1. The molecule has 21 heavy (non-hydrogen) atoms. The first-order chi connectivity index (χ1) is 10.0. The molecule has 0 aromatic heterocycles. The quantitative estimate of drug-likeness (QED) is 0.452. The fourth-order valence-electron chi connectivity index (χ4n) is 1.58. The zero-order valence-electron chi connectivity index (χ0n) is 12.5. The van der Waals surface area contributed by atoms with Crippen LogP contribution in [0.15, 0.2) is 36.4 Å². The third-order valence-corrected chi connectivity index (χ3v) is 2.61. The predicted molar refractivity (Wildman–Crippen MR) is 81.0 cm³/mol. The smallest absolute Gasteiger partial charge is 0.333 e. The molecule has 0 unspecified atom stereocenters. The van der Waals surface area contributed by atoms with Crippen molar-refractivity contribution in [1.82, 2.24) is 0 Å². The van der Waals surface area contributed by atoms with Crippen LogP contribution in [0.25, 0.3) is 0 Å². The van der Waals surface area contributed by atoms with Gasteiger partial charge in [0.2, 0.25) is 0 Å². The van der Waals surface area contributed by atoms with Crippen LogP contribution in [0, 0.1) is 0 Å². The molecule has 114 valence electrons. The van der Waals surface area contributed by atoms with E-state index in [1.54, 1.807) is 6.92 Å². The van der Waals surface area contributed by atoms with E-state index in [4.69, 9.17) is 9.47 Å². The molecule has 0 aliphatic carbocycles. The van der Waals surface area contributed by atoms with Gasteiger partial charge < -0.3 is 14.8 Å². The molecule has 1 rings (SSSR count). The van der Waals surface area contributed by atoms with Gasteiger partial charge in [-0.2, -0.15) is 0 Å². The second kappa shape index (κ2) is 8.79. The summed E-state index contributed by atoms with van der Waals surface area (Å²) in [6.07, 6.45) is 0.195. The Morgan fingerprint density at radius 3 is 2.33 bits per heavy atom. The van der Waals surface area contributed by atoms with Crippen molar-refractivity contribution >= 4 is 17.6 Å². The van der Waals surface area contributed by atoms with Crippen molar-refractivity contribution in [2.75, 3.05) is 25.1 Å². The van der Waals surface area contributed by atoms with Gasteiger partial charge in [-0.3, -0.25) is 4.79 Å². The Morgan fingerprint density at radius 2 is 1.76 bits per heavy atom. The number of carbonyl (C=O) groups is 2. The van der Waals surface area contributed by atoms with Crippen LogP contribution in [0.5, 0.6) is 0 Å². The highest BCUT2D eigenvalue weighted by Crippen LogP contribution is 2.10. The summed E-state index contributed by atoms with van der Waals surface area (Å²) in [4.78, 5) is 22.7.